The van der Waals surface area contributed by atoms with Gasteiger partial charge in [0.15, 0.2) is 0 Å². The van der Waals surface area contributed by atoms with E-state index in [-0.39, 0.29) is 28.1 Å². The molecule has 120 valence electrons. The van der Waals surface area contributed by atoms with E-state index in [0.717, 1.165) is 36.5 Å². The molecule has 0 aliphatic heterocycles. The number of carbonyl (C=O) groups is 1. The van der Waals surface area contributed by atoms with Gasteiger partial charge in [-0.05, 0) is 24.3 Å². The molecule has 2 N–H and O–H groups in total. The van der Waals surface area contributed by atoms with Crippen LogP contribution in [0, 0.1) is 27.3 Å². The molecule has 0 radical (unpaired) electrons. The molecule has 0 aromatic heterocycles. The lowest BCUT2D eigenvalue weighted by atomic mass is 10.1. The number of aromatic hydroxyl groups is 1. The number of nitrogens with zero attached hydrogens (tertiary/aromatic N) is 3. The quantitative estimate of drug-likeness (QED) is 0.504. The van der Waals surface area contributed by atoms with Crippen LogP contribution in [0.1, 0.15) is 21.5 Å². The van der Waals surface area contributed by atoms with Crippen molar-refractivity contribution in [3.8, 4) is 11.8 Å². The molecular weight excluding hydrogens is 319 g/mol. The number of rotatable bonds is 4. The first-order valence-electron chi connectivity index (χ1n) is 6.43. The summed E-state index contributed by atoms with van der Waals surface area (Å²) in [6.07, 6.45) is 0.988. The summed E-state index contributed by atoms with van der Waals surface area (Å²) in [4.78, 5) is 21.8. The normalized spacial score (nSPS) is 10.3. The molecule has 2 rings (SSSR count). The van der Waals surface area contributed by atoms with Crippen molar-refractivity contribution in [2.45, 2.75) is 0 Å². The van der Waals surface area contributed by atoms with Gasteiger partial charge in [0.25, 0.3) is 11.6 Å². The predicted octanol–water partition coefficient (Wildman–Crippen LogP) is 2.08. The second-order valence-corrected chi connectivity index (χ2v) is 4.51. The Hall–Kier alpha value is -3.80. The van der Waals surface area contributed by atoms with E-state index in [2.05, 4.69) is 5.10 Å². The summed E-state index contributed by atoms with van der Waals surface area (Å²) in [6, 6.07) is 8.33. The monoisotopic (exact) mass is 328 g/mol. The third-order valence-electron chi connectivity index (χ3n) is 2.93. The van der Waals surface area contributed by atoms with Crippen LogP contribution in [-0.4, -0.2) is 22.2 Å². The van der Waals surface area contributed by atoms with Crippen molar-refractivity contribution in [1.82, 2.24) is 5.43 Å². The first-order chi connectivity index (χ1) is 11.4. The molecule has 2 aromatic rings. The smallest absolute Gasteiger partial charge is 0.274 e. The first kappa shape index (κ1) is 16.6. The van der Waals surface area contributed by atoms with E-state index >= 15 is 0 Å². The summed E-state index contributed by atoms with van der Waals surface area (Å²) in [5.41, 5.74) is 1.51. The van der Waals surface area contributed by atoms with Crippen molar-refractivity contribution in [2.24, 2.45) is 5.10 Å². The van der Waals surface area contributed by atoms with Crippen LogP contribution in [0.5, 0.6) is 5.75 Å². The highest BCUT2D eigenvalue weighted by molar-refractivity contribution is 5.95. The van der Waals surface area contributed by atoms with E-state index in [1.807, 2.05) is 5.43 Å². The van der Waals surface area contributed by atoms with Gasteiger partial charge in [0.1, 0.15) is 11.6 Å². The Balaban J connectivity index is 2.14. The molecule has 0 heterocycles. The summed E-state index contributed by atoms with van der Waals surface area (Å²) in [5, 5.41) is 32.4. The van der Waals surface area contributed by atoms with Crippen molar-refractivity contribution in [1.29, 1.82) is 5.26 Å². The Morgan fingerprint density at radius 1 is 1.38 bits per heavy atom. The largest absolute Gasteiger partial charge is 0.507 e. The van der Waals surface area contributed by atoms with Gasteiger partial charge in [0, 0.05) is 17.7 Å². The van der Waals surface area contributed by atoms with E-state index in [1.165, 1.54) is 6.07 Å². The Kier molecular flexibility index (Phi) is 4.81. The fourth-order valence-electron chi connectivity index (χ4n) is 1.75. The highest BCUT2D eigenvalue weighted by Gasteiger charge is 2.12. The average molecular weight is 328 g/mol. The Labute approximate surface area is 134 Å². The van der Waals surface area contributed by atoms with E-state index in [9.17, 15) is 24.4 Å². The molecule has 0 saturated carbocycles. The highest BCUT2D eigenvalue weighted by Crippen LogP contribution is 2.21. The molecule has 9 heteroatoms. The number of halogens is 1. The van der Waals surface area contributed by atoms with Crippen molar-refractivity contribution < 1.29 is 19.2 Å². The molecule has 0 aliphatic rings. The first-order valence-corrected chi connectivity index (χ1v) is 6.43. The van der Waals surface area contributed by atoms with Crippen LogP contribution >= 0.6 is 0 Å². The predicted molar refractivity (Wildman–Crippen MR) is 80.9 cm³/mol. The number of non-ortho nitro benzene ring substituents is 1. The van der Waals surface area contributed by atoms with Crippen LogP contribution in [0.15, 0.2) is 41.5 Å². The molecule has 0 saturated heterocycles. The van der Waals surface area contributed by atoms with Crippen molar-refractivity contribution in [3.63, 3.8) is 0 Å². The molecular formula is C15H9FN4O4. The number of hydrazone groups is 1. The fraction of sp³-hybridized carbons (Fsp3) is 0. The van der Waals surface area contributed by atoms with Gasteiger partial charge in [-0.2, -0.15) is 10.4 Å². The molecule has 24 heavy (non-hydrogen) atoms. The second-order valence-electron chi connectivity index (χ2n) is 4.51. The molecule has 0 fully saturated rings. The number of nitriles is 1. The van der Waals surface area contributed by atoms with Gasteiger partial charge in [-0.25, -0.2) is 9.82 Å². The lowest BCUT2D eigenvalue weighted by molar-refractivity contribution is -0.384. The zero-order chi connectivity index (χ0) is 17.7. The number of nitrogens with one attached hydrogen (secondary N) is 1. The molecule has 0 spiro atoms. The minimum absolute atomic E-state index is 0.00444. The number of phenolic OH excluding ortho intramolecular Hbond substituents is 1. The highest BCUT2D eigenvalue weighted by atomic mass is 19.1. The number of nitro groups is 1. The Morgan fingerprint density at radius 2 is 2.12 bits per heavy atom. The van der Waals surface area contributed by atoms with Gasteiger partial charge in [-0.1, -0.05) is 0 Å². The van der Waals surface area contributed by atoms with Crippen molar-refractivity contribution in [3.05, 3.63) is 69.0 Å². The standard InChI is InChI=1S/C15H9FN4O4/c16-13-5-9(7-17)1-3-12(13)15(22)19-18-8-10-6-11(20(23)24)2-4-14(10)21/h1-6,8,21H,(H,19,22)/b18-8-. The van der Waals surface area contributed by atoms with Crippen molar-refractivity contribution in [2.75, 3.05) is 0 Å². The third kappa shape index (κ3) is 3.69. The maximum absolute atomic E-state index is 13.7. The summed E-state index contributed by atoms with van der Waals surface area (Å²) in [5.74, 6) is -2.04. The lowest BCUT2D eigenvalue weighted by Crippen LogP contribution is -2.19. The summed E-state index contributed by atoms with van der Waals surface area (Å²) in [6.45, 7) is 0. The lowest BCUT2D eigenvalue weighted by Gasteiger charge is -2.02. The minimum Gasteiger partial charge on any atom is -0.507 e. The van der Waals surface area contributed by atoms with Gasteiger partial charge in [-0.3, -0.25) is 14.9 Å². The summed E-state index contributed by atoms with van der Waals surface area (Å²) >= 11 is 0. The molecule has 2 aromatic carbocycles. The molecule has 0 atom stereocenters. The van der Waals surface area contributed by atoms with E-state index < -0.39 is 16.6 Å². The van der Waals surface area contributed by atoms with Gasteiger partial charge in [-0.15, -0.1) is 0 Å². The molecule has 8 nitrogen and oxygen atoms in total. The number of hydrogen-bond donors (Lipinski definition) is 2. The molecule has 0 aliphatic carbocycles. The summed E-state index contributed by atoms with van der Waals surface area (Å²) < 4.78 is 13.7. The van der Waals surface area contributed by atoms with E-state index in [1.54, 1.807) is 6.07 Å². The SMILES string of the molecule is N#Cc1ccc(C(=O)N/N=C\c2cc([N+](=O)[O-])ccc2O)c(F)c1. The van der Waals surface area contributed by atoms with Crippen LogP contribution in [0.2, 0.25) is 0 Å². The Morgan fingerprint density at radius 3 is 2.75 bits per heavy atom. The maximum atomic E-state index is 13.7. The number of carbonyl (C=O) groups excluding carboxylic acids is 1. The van der Waals surface area contributed by atoms with Gasteiger partial charge >= 0.3 is 0 Å². The average Bonchev–Trinajstić information content (AvgIpc) is 2.55. The molecule has 0 unspecified atom stereocenters. The van der Waals surface area contributed by atoms with Crippen LogP contribution in [0.25, 0.3) is 0 Å². The number of benzene rings is 2. The van der Waals surface area contributed by atoms with Gasteiger partial charge < -0.3 is 5.11 Å². The van der Waals surface area contributed by atoms with Gasteiger partial charge in [0.2, 0.25) is 0 Å². The zero-order valence-electron chi connectivity index (χ0n) is 11.9. The summed E-state index contributed by atoms with van der Waals surface area (Å²) in [7, 11) is 0. The zero-order valence-corrected chi connectivity index (χ0v) is 11.9. The van der Waals surface area contributed by atoms with Crippen LogP contribution in [0.3, 0.4) is 0 Å². The van der Waals surface area contributed by atoms with E-state index in [0.29, 0.717) is 0 Å². The molecule has 0 bridgehead atoms. The number of nitro benzene ring substituents is 1. The Bertz CT molecular complexity index is 890. The second kappa shape index (κ2) is 6.97. The topological polar surface area (TPSA) is 129 Å². The molecule has 1 amide bonds. The minimum atomic E-state index is -0.889. The number of phenols is 1. The van der Waals surface area contributed by atoms with Crippen LogP contribution in [-0.2, 0) is 0 Å². The van der Waals surface area contributed by atoms with Crippen LogP contribution < -0.4 is 5.43 Å². The number of amides is 1. The number of hydrogen-bond acceptors (Lipinski definition) is 6. The van der Waals surface area contributed by atoms with Gasteiger partial charge in [0.05, 0.1) is 28.3 Å². The van der Waals surface area contributed by atoms with Crippen LogP contribution in [0.4, 0.5) is 10.1 Å². The van der Waals surface area contributed by atoms with E-state index in [4.69, 9.17) is 5.26 Å². The van der Waals surface area contributed by atoms with Crippen molar-refractivity contribution >= 4 is 17.8 Å². The third-order valence-corrected chi connectivity index (χ3v) is 2.93. The fourth-order valence-corrected chi connectivity index (χ4v) is 1.75. The maximum Gasteiger partial charge on any atom is 0.274 e.